The SMILES string of the molecule is CC(C)CNC(=O)[C@H](C)Sc1ncnc2cc(-c3ccc(F)cc3)sc12. The fourth-order valence-corrected chi connectivity index (χ4v) is 4.46. The van der Waals surface area contributed by atoms with Gasteiger partial charge in [0.2, 0.25) is 5.91 Å². The van der Waals surface area contributed by atoms with Gasteiger partial charge in [-0.05, 0) is 36.6 Å². The number of carbonyl (C=O) groups excluding carboxylic acids is 1. The number of fused-ring (bicyclic) bond motifs is 1. The number of halogens is 1. The van der Waals surface area contributed by atoms with Crippen molar-refractivity contribution in [1.29, 1.82) is 0 Å². The van der Waals surface area contributed by atoms with Crippen LogP contribution in [0.25, 0.3) is 20.7 Å². The van der Waals surface area contributed by atoms with Crippen LogP contribution < -0.4 is 5.32 Å². The van der Waals surface area contributed by atoms with E-state index in [2.05, 4.69) is 29.1 Å². The molecule has 26 heavy (non-hydrogen) atoms. The minimum Gasteiger partial charge on any atom is -0.355 e. The van der Waals surface area contributed by atoms with Crippen molar-refractivity contribution in [1.82, 2.24) is 15.3 Å². The van der Waals surface area contributed by atoms with Crippen molar-refractivity contribution in [3.63, 3.8) is 0 Å². The first-order valence-electron chi connectivity index (χ1n) is 8.39. The van der Waals surface area contributed by atoms with Gasteiger partial charge < -0.3 is 5.32 Å². The molecule has 1 aromatic carbocycles. The Balaban J connectivity index is 1.83. The minimum atomic E-state index is -0.257. The predicted octanol–water partition coefficient (Wildman–Crippen LogP) is 4.75. The molecule has 4 nitrogen and oxygen atoms in total. The number of aromatic nitrogens is 2. The highest BCUT2D eigenvalue weighted by atomic mass is 32.2. The van der Waals surface area contributed by atoms with Crippen LogP contribution in [0.5, 0.6) is 0 Å². The Kier molecular flexibility index (Phi) is 5.88. The minimum absolute atomic E-state index is 0.00535. The fourth-order valence-electron chi connectivity index (χ4n) is 2.34. The van der Waals surface area contributed by atoms with E-state index in [1.807, 2.05) is 13.0 Å². The van der Waals surface area contributed by atoms with Crippen LogP contribution in [-0.4, -0.2) is 27.7 Å². The molecule has 1 atom stereocenters. The summed E-state index contributed by atoms with van der Waals surface area (Å²) in [6.45, 7) is 6.67. The van der Waals surface area contributed by atoms with Crippen molar-refractivity contribution >= 4 is 39.2 Å². The largest absolute Gasteiger partial charge is 0.355 e. The van der Waals surface area contributed by atoms with E-state index in [9.17, 15) is 9.18 Å². The lowest BCUT2D eigenvalue weighted by molar-refractivity contribution is -0.120. The van der Waals surface area contributed by atoms with Gasteiger partial charge in [0.05, 0.1) is 15.5 Å². The number of nitrogens with one attached hydrogen (secondary N) is 1. The van der Waals surface area contributed by atoms with E-state index in [4.69, 9.17) is 0 Å². The van der Waals surface area contributed by atoms with Crippen molar-refractivity contribution in [3.8, 4) is 10.4 Å². The third-order valence-electron chi connectivity index (χ3n) is 3.75. The average Bonchev–Trinajstić information content (AvgIpc) is 3.05. The molecule has 0 spiro atoms. The zero-order valence-electron chi connectivity index (χ0n) is 14.8. The Morgan fingerprint density at radius 2 is 1.96 bits per heavy atom. The van der Waals surface area contributed by atoms with Gasteiger partial charge in [0.15, 0.2) is 0 Å². The molecule has 0 bridgehead atoms. The van der Waals surface area contributed by atoms with E-state index in [1.54, 1.807) is 23.5 Å². The monoisotopic (exact) mass is 389 g/mol. The van der Waals surface area contributed by atoms with Crippen molar-refractivity contribution < 1.29 is 9.18 Å². The smallest absolute Gasteiger partial charge is 0.233 e. The number of nitrogens with zero attached hydrogens (tertiary/aromatic N) is 2. The molecule has 136 valence electrons. The first-order chi connectivity index (χ1) is 12.4. The first-order valence-corrected chi connectivity index (χ1v) is 10.1. The van der Waals surface area contributed by atoms with Crippen LogP contribution in [-0.2, 0) is 4.79 Å². The highest BCUT2D eigenvalue weighted by molar-refractivity contribution is 8.00. The zero-order valence-corrected chi connectivity index (χ0v) is 16.5. The second-order valence-electron chi connectivity index (χ2n) is 6.41. The van der Waals surface area contributed by atoms with Crippen molar-refractivity contribution in [3.05, 3.63) is 42.5 Å². The zero-order chi connectivity index (χ0) is 18.7. The Labute approximate surface area is 160 Å². The molecule has 0 aliphatic carbocycles. The van der Waals surface area contributed by atoms with E-state index in [0.717, 1.165) is 25.7 Å². The maximum absolute atomic E-state index is 13.1. The lowest BCUT2D eigenvalue weighted by atomic mass is 10.2. The molecule has 3 rings (SSSR count). The van der Waals surface area contributed by atoms with Crippen LogP contribution in [0.4, 0.5) is 4.39 Å². The molecule has 0 saturated carbocycles. The molecule has 0 radical (unpaired) electrons. The Morgan fingerprint density at radius 1 is 1.23 bits per heavy atom. The van der Waals surface area contributed by atoms with Gasteiger partial charge in [-0.25, -0.2) is 14.4 Å². The lowest BCUT2D eigenvalue weighted by Gasteiger charge is -2.13. The first kappa shape index (κ1) is 18.8. The average molecular weight is 390 g/mol. The van der Waals surface area contributed by atoms with Gasteiger partial charge in [-0.3, -0.25) is 4.79 Å². The highest BCUT2D eigenvalue weighted by Crippen LogP contribution is 2.38. The number of benzene rings is 1. The fraction of sp³-hybridized carbons (Fsp3) is 0.316. The normalized spacial score (nSPS) is 12.5. The summed E-state index contributed by atoms with van der Waals surface area (Å²) in [6.07, 6.45) is 1.52. The summed E-state index contributed by atoms with van der Waals surface area (Å²) >= 11 is 2.99. The second-order valence-corrected chi connectivity index (χ2v) is 8.79. The Morgan fingerprint density at radius 3 is 2.65 bits per heavy atom. The molecule has 2 heterocycles. The van der Waals surface area contributed by atoms with E-state index in [0.29, 0.717) is 12.5 Å². The summed E-state index contributed by atoms with van der Waals surface area (Å²) in [6, 6.07) is 8.37. The third-order valence-corrected chi connectivity index (χ3v) is 6.16. The summed E-state index contributed by atoms with van der Waals surface area (Å²) in [4.78, 5) is 21.9. The second kappa shape index (κ2) is 8.14. The number of hydrogen-bond donors (Lipinski definition) is 1. The predicted molar refractivity (Wildman–Crippen MR) is 106 cm³/mol. The third kappa shape index (κ3) is 4.40. The number of rotatable bonds is 6. The van der Waals surface area contributed by atoms with Crippen LogP contribution in [0.3, 0.4) is 0 Å². The van der Waals surface area contributed by atoms with E-state index < -0.39 is 0 Å². The van der Waals surface area contributed by atoms with Crippen LogP contribution >= 0.6 is 23.1 Å². The molecule has 0 saturated heterocycles. The van der Waals surface area contributed by atoms with Crippen LogP contribution in [0.15, 0.2) is 41.7 Å². The van der Waals surface area contributed by atoms with Crippen molar-refractivity contribution in [2.24, 2.45) is 5.92 Å². The van der Waals surface area contributed by atoms with Crippen LogP contribution in [0.1, 0.15) is 20.8 Å². The highest BCUT2D eigenvalue weighted by Gasteiger charge is 2.18. The number of amides is 1. The van der Waals surface area contributed by atoms with Crippen molar-refractivity contribution in [2.75, 3.05) is 6.54 Å². The van der Waals surface area contributed by atoms with Gasteiger partial charge in [0.25, 0.3) is 0 Å². The van der Waals surface area contributed by atoms with Crippen molar-refractivity contribution in [2.45, 2.75) is 31.0 Å². The van der Waals surface area contributed by atoms with Gasteiger partial charge in [-0.2, -0.15) is 0 Å². The molecule has 1 amide bonds. The van der Waals surface area contributed by atoms with E-state index in [1.165, 1.54) is 30.2 Å². The molecule has 1 N–H and O–H groups in total. The van der Waals surface area contributed by atoms with E-state index >= 15 is 0 Å². The van der Waals surface area contributed by atoms with E-state index in [-0.39, 0.29) is 17.0 Å². The van der Waals surface area contributed by atoms with Crippen LogP contribution in [0.2, 0.25) is 0 Å². The lowest BCUT2D eigenvalue weighted by Crippen LogP contribution is -2.33. The Bertz CT molecular complexity index is 909. The standard InChI is InChI=1S/C19H20FN3OS2/c1-11(2)9-21-18(24)12(3)25-19-17-15(22-10-23-19)8-16(26-17)13-4-6-14(20)7-5-13/h4-8,10-12H,9H2,1-3H3,(H,21,24)/t12-/m0/s1. The van der Waals surface area contributed by atoms with Gasteiger partial charge >= 0.3 is 0 Å². The molecule has 0 fully saturated rings. The maximum Gasteiger partial charge on any atom is 0.233 e. The van der Waals surface area contributed by atoms with Gasteiger partial charge in [0, 0.05) is 11.4 Å². The molecular formula is C19H20FN3OS2. The van der Waals surface area contributed by atoms with Crippen LogP contribution in [0, 0.1) is 11.7 Å². The summed E-state index contributed by atoms with van der Waals surface area (Å²) in [5.41, 5.74) is 1.77. The number of carbonyl (C=O) groups is 1. The Hall–Kier alpha value is -1.99. The molecular weight excluding hydrogens is 369 g/mol. The number of thiophene rings is 1. The quantitative estimate of drug-likeness (QED) is 0.488. The summed E-state index contributed by atoms with van der Waals surface area (Å²) in [7, 11) is 0. The summed E-state index contributed by atoms with van der Waals surface area (Å²) < 4.78 is 14.1. The van der Waals surface area contributed by atoms with Gasteiger partial charge in [-0.1, -0.05) is 37.7 Å². The van der Waals surface area contributed by atoms with Gasteiger partial charge in [0.1, 0.15) is 17.2 Å². The summed E-state index contributed by atoms with van der Waals surface area (Å²) in [5.74, 6) is 0.162. The number of thioether (sulfide) groups is 1. The topological polar surface area (TPSA) is 54.9 Å². The molecule has 3 aromatic rings. The number of hydrogen-bond acceptors (Lipinski definition) is 5. The molecule has 7 heteroatoms. The van der Waals surface area contributed by atoms with Gasteiger partial charge in [-0.15, -0.1) is 11.3 Å². The molecule has 0 aliphatic heterocycles. The summed E-state index contributed by atoms with van der Waals surface area (Å²) in [5, 5.41) is 3.50. The molecule has 2 aromatic heterocycles. The molecule has 0 aliphatic rings. The maximum atomic E-state index is 13.1. The molecule has 0 unspecified atom stereocenters.